The van der Waals surface area contributed by atoms with Crippen LogP contribution in [-0.4, -0.2) is 17.6 Å². The van der Waals surface area contributed by atoms with Gasteiger partial charge in [-0.2, -0.15) is 0 Å². The van der Waals surface area contributed by atoms with E-state index < -0.39 is 0 Å². The Morgan fingerprint density at radius 1 is 1.69 bits per heavy atom. The summed E-state index contributed by atoms with van der Waals surface area (Å²) in [6.45, 7) is 4.04. The number of ether oxygens (including phenoxy) is 1. The van der Waals surface area contributed by atoms with Crippen molar-refractivity contribution in [2.24, 2.45) is 0 Å². The number of hydrogen-bond donors (Lipinski definition) is 0. The molecule has 0 aliphatic rings. The molecule has 1 aromatic heterocycles. The van der Waals surface area contributed by atoms with Crippen molar-refractivity contribution in [2.75, 3.05) is 6.61 Å². The molecule has 0 atom stereocenters. The van der Waals surface area contributed by atoms with Crippen molar-refractivity contribution >= 4 is 39.9 Å². The van der Waals surface area contributed by atoms with Gasteiger partial charge in [-0.15, -0.1) is 11.3 Å². The van der Waals surface area contributed by atoms with Crippen molar-refractivity contribution < 1.29 is 9.53 Å². The summed E-state index contributed by atoms with van der Waals surface area (Å²) < 4.78 is 5.73. The standard InChI is InChI=1S/C8H10INO2S/c1-3-12-8(11)7-5(2)10-6(4-9)13-7/h3-4H2,1-2H3. The second-order valence-corrected chi connectivity index (χ2v) is 4.22. The summed E-state index contributed by atoms with van der Waals surface area (Å²) in [5, 5.41) is 0.973. The third-order valence-corrected chi connectivity index (χ3v) is 3.79. The quantitative estimate of drug-likeness (QED) is 0.489. The summed E-state index contributed by atoms with van der Waals surface area (Å²) in [5.74, 6) is -0.256. The minimum atomic E-state index is -0.256. The summed E-state index contributed by atoms with van der Waals surface area (Å²) >= 11 is 3.64. The molecule has 1 rings (SSSR count). The Balaban J connectivity index is 2.87. The van der Waals surface area contributed by atoms with Crippen LogP contribution in [0.3, 0.4) is 0 Å². The Hall–Kier alpha value is -0.170. The number of carbonyl (C=O) groups excluding carboxylic acids is 1. The van der Waals surface area contributed by atoms with Crippen LogP contribution in [0.25, 0.3) is 0 Å². The van der Waals surface area contributed by atoms with Crippen molar-refractivity contribution in [1.29, 1.82) is 0 Å². The van der Waals surface area contributed by atoms with Gasteiger partial charge in [0.2, 0.25) is 0 Å². The van der Waals surface area contributed by atoms with Gasteiger partial charge in [0.1, 0.15) is 9.88 Å². The van der Waals surface area contributed by atoms with E-state index in [1.807, 2.05) is 6.92 Å². The highest BCUT2D eigenvalue weighted by Crippen LogP contribution is 2.20. The van der Waals surface area contributed by atoms with Gasteiger partial charge < -0.3 is 4.74 Å². The molecule has 0 spiro atoms. The summed E-state index contributed by atoms with van der Waals surface area (Å²) in [6, 6.07) is 0. The number of carbonyl (C=O) groups is 1. The average Bonchev–Trinajstić information content (AvgIpc) is 2.47. The van der Waals surface area contributed by atoms with Crippen LogP contribution in [0.5, 0.6) is 0 Å². The highest BCUT2D eigenvalue weighted by atomic mass is 127. The third kappa shape index (κ3) is 2.63. The molecule has 0 radical (unpaired) electrons. The topological polar surface area (TPSA) is 39.2 Å². The molecule has 3 nitrogen and oxygen atoms in total. The number of thiazole rings is 1. The number of rotatable bonds is 3. The molecule has 0 fully saturated rings. The van der Waals surface area contributed by atoms with E-state index in [-0.39, 0.29) is 5.97 Å². The maximum atomic E-state index is 11.3. The number of aryl methyl sites for hydroxylation is 1. The van der Waals surface area contributed by atoms with Crippen LogP contribution in [0.4, 0.5) is 0 Å². The highest BCUT2D eigenvalue weighted by molar-refractivity contribution is 14.1. The van der Waals surface area contributed by atoms with E-state index in [0.29, 0.717) is 11.5 Å². The van der Waals surface area contributed by atoms with Crippen molar-refractivity contribution in [1.82, 2.24) is 4.98 Å². The largest absolute Gasteiger partial charge is 0.462 e. The molecule has 1 heterocycles. The van der Waals surface area contributed by atoms with Gasteiger partial charge in [0.25, 0.3) is 0 Å². The Morgan fingerprint density at radius 2 is 2.38 bits per heavy atom. The lowest BCUT2D eigenvalue weighted by Crippen LogP contribution is -2.03. The highest BCUT2D eigenvalue weighted by Gasteiger charge is 2.15. The van der Waals surface area contributed by atoms with Gasteiger partial charge in [-0.1, -0.05) is 22.6 Å². The Morgan fingerprint density at radius 3 is 2.85 bits per heavy atom. The molecule has 72 valence electrons. The van der Waals surface area contributed by atoms with Crippen LogP contribution in [0.15, 0.2) is 0 Å². The lowest BCUT2D eigenvalue weighted by molar-refractivity contribution is 0.0531. The monoisotopic (exact) mass is 311 g/mol. The molecule has 0 amide bonds. The fourth-order valence-electron chi connectivity index (χ4n) is 0.895. The first-order valence-electron chi connectivity index (χ1n) is 3.88. The maximum Gasteiger partial charge on any atom is 0.350 e. The Labute approximate surface area is 94.7 Å². The molecule has 13 heavy (non-hydrogen) atoms. The summed E-state index contributed by atoms with van der Waals surface area (Å²) in [7, 11) is 0. The van der Waals surface area contributed by atoms with E-state index in [4.69, 9.17) is 4.74 Å². The van der Waals surface area contributed by atoms with Gasteiger partial charge in [-0.25, -0.2) is 9.78 Å². The average molecular weight is 311 g/mol. The minimum absolute atomic E-state index is 0.256. The zero-order valence-corrected chi connectivity index (χ0v) is 10.4. The smallest absolute Gasteiger partial charge is 0.350 e. The molecular weight excluding hydrogens is 301 g/mol. The first kappa shape index (κ1) is 10.9. The second-order valence-electron chi connectivity index (χ2n) is 2.38. The number of esters is 1. The van der Waals surface area contributed by atoms with E-state index in [1.165, 1.54) is 11.3 Å². The van der Waals surface area contributed by atoms with Crippen LogP contribution in [-0.2, 0) is 9.16 Å². The Kier molecular flexibility index (Phi) is 4.11. The van der Waals surface area contributed by atoms with Gasteiger partial charge in [-0.3, -0.25) is 0 Å². The van der Waals surface area contributed by atoms with Gasteiger partial charge in [0, 0.05) is 0 Å². The van der Waals surface area contributed by atoms with E-state index in [9.17, 15) is 4.79 Å². The van der Waals surface area contributed by atoms with Crippen molar-refractivity contribution in [3.8, 4) is 0 Å². The lowest BCUT2D eigenvalue weighted by atomic mass is 10.4. The summed E-state index contributed by atoms with van der Waals surface area (Å²) in [5.41, 5.74) is 0.773. The molecule has 0 aliphatic heterocycles. The molecular formula is C8H10INO2S. The van der Waals surface area contributed by atoms with Gasteiger partial charge in [0.15, 0.2) is 0 Å². The molecule has 0 aromatic carbocycles. The first-order valence-corrected chi connectivity index (χ1v) is 6.22. The van der Waals surface area contributed by atoms with Crippen LogP contribution in [0, 0.1) is 6.92 Å². The first-order chi connectivity index (χ1) is 6.19. The predicted molar refractivity (Wildman–Crippen MR) is 60.5 cm³/mol. The second kappa shape index (κ2) is 4.90. The van der Waals surface area contributed by atoms with Crippen LogP contribution < -0.4 is 0 Å². The van der Waals surface area contributed by atoms with Gasteiger partial charge in [0.05, 0.1) is 16.7 Å². The number of nitrogens with zero attached hydrogens (tertiary/aromatic N) is 1. The predicted octanol–water partition coefficient (Wildman–Crippen LogP) is 2.56. The molecule has 0 aliphatic carbocycles. The van der Waals surface area contributed by atoms with E-state index >= 15 is 0 Å². The Bertz CT molecular complexity index is 311. The number of hydrogen-bond acceptors (Lipinski definition) is 4. The number of halogens is 1. The number of aromatic nitrogens is 1. The SMILES string of the molecule is CCOC(=O)c1sc(CI)nc1C. The number of alkyl halides is 1. The molecule has 0 saturated carbocycles. The van der Waals surface area contributed by atoms with Crippen LogP contribution in [0.2, 0.25) is 0 Å². The summed E-state index contributed by atoms with van der Waals surface area (Å²) in [4.78, 5) is 16.2. The molecule has 0 unspecified atom stereocenters. The van der Waals surface area contributed by atoms with Crippen molar-refractivity contribution in [3.05, 3.63) is 15.6 Å². The van der Waals surface area contributed by atoms with Crippen LogP contribution >= 0.6 is 33.9 Å². The van der Waals surface area contributed by atoms with Crippen LogP contribution in [0.1, 0.15) is 27.3 Å². The van der Waals surface area contributed by atoms with Gasteiger partial charge in [-0.05, 0) is 13.8 Å². The maximum absolute atomic E-state index is 11.3. The fraction of sp³-hybridized carbons (Fsp3) is 0.500. The minimum Gasteiger partial charge on any atom is -0.462 e. The van der Waals surface area contributed by atoms with Crippen molar-refractivity contribution in [2.45, 2.75) is 18.3 Å². The van der Waals surface area contributed by atoms with Crippen molar-refractivity contribution in [3.63, 3.8) is 0 Å². The third-order valence-electron chi connectivity index (χ3n) is 1.42. The van der Waals surface area contributed by atoms with E-state index in [2.05, 4.69) is 27.6 Å². The normalized spacial score (nSPS) is 10.1. The summed E-state index contributed by atoms with van der Waals surface area (Å²) in [6.07, 6.45) is 0. The van der Waals surface area contributed by atoms with E-state index in [1.54, 1.807) is 6.92 Å². The molecule has 1 aromatic rings. The fourth-order valence-corrected chi connectivity index (χ4v) is 2.34. The van der Waals surface area contributed by atoms with E-state index in [0.717, 1.165) is 15.1 Å². The zero-order chi connectivity index (χ0) is 9.84. The van der Waals surface area contributed by atoms with Gasteiger partial charge >= 0.3 is 5.97 Å². The molecule has 0 saturated heterocycles. The zero-order valence-electron chi connectivity index (χ0n) is 7.46. The molecule has 5 heteroatoms. The molecule has 0 bridgehead atoms. The molecule has 0 N–H and O–H groups in total. The lowest BCUT2D eigenvalue weighted by Gasteiger charge is -1.97.